The van der Waals surface area contributed by atoms with Crippen molar-refractivity contribution >= 4 is 23.2 Å². The van der Waals surface area contributed by atoms with Crippen LogP contribution in [0.4, 0.5) is 21.8 Å². The summed E-state index contributed by atoms with van der Waals surface area (Å²) in [5, 5.41) is 6.32. The highest BCUT2D eigenvalue weighted by molar-refractivity contribution is 5.95. The second-order valence-corrected chi connectivity index (χ2v) is 5.83. The molecule has 3 rings (SSSR count). The van der Waals surface area contributed by atoms with Crippen molar-refractivity contribution in [2.45, 2.75) is 13.3 Å². The maximum absolute atomic E-state index is 12.9. The molecule has 26 heavy (non-hydrogen) atoms. The molecule has 0 fully saturated rings. The third-order valence-corrected chi connectivity index (χ3v) is 3.81. The molecule has 0 unspecified atom stereocenters. The van der Waals surface area contributed by atoms with Crippen LogP contribution < -0.4 is 10.6 Å². The highest BCUT2D eigenvalue weighted by Crippen LogP contribution is 2.17. The monoisotopic (exact) mass is 350 g/mol. The summed E-state index contributed by atoms with van der Waals surface area (Å²) >= 11 is 0. The van der Waals surface area contributed by atoms with Crippen LogP contribution in [0.1, 0.15) is 22.8 Å². The number of aromatic nitrogens is 2. The van der Waals surface area contributed by atoms with Crippen molar-refractivity contribution in [2.24, 2.45) is 0 Å². The molecule has 0 radical (unpaired) electrons. The van der Waals surface area contributed by atoms with Gasteiger partial charge in [0.05, 0.1) is 0 Å². The maximum atomic E-state index is 12.9. The minimum absolute atomic E-state index is 0.0134. The Hall–Kier alpha value is -3.28. The average Bonchev–Trinajstić information content (AvgIpc) is 2.64. The molecular weight excluding hydrogens is 331 g/mol. The van der Waals surface area contributed by atoms with Crippen LogP contribution in [-0.4, -0.2) is 22.3 Å². The van der Waals surface area contributed by atoms with Gasteiger partial charge in [0.25, 0.3) is 0 Å². The zero-order chi connectivity index (χ0) is 18.4. The Balaban J connectivity index is 1.60. The van der Waals surface area contributed by atoms with E-state index in [1.54, 1.807) is 36.5 Å². The lowest BCUT2D eigenvalue weighted by Crippen LogP contribution is -2.08. The van der Waals surface area contributed by atoms with Crippen LogP contribution in [0.5, 0.6) is 0 Å². The Morgan fingerprint density at radius 3 is 2.69 bits per heavy atom. The quantitative estimate of drug-likeness (QED) is 0.625. The van der Waals surface area contributed by atoms with E-state index in [0.29, 0.717) is 23.9 Å². The fourth-order valence-electron chi connectivity index (χ4n) is 2.45. The van der Waals surface area contributed by atoms with Crippen LogP contribution in [0.2, 0.25) is 0 Å². The fraction of sp³-hybridized carbons (Fsp3) is 0.150. The molecule has 0 aliphatic carbocycles. The summed E-state index contributed by atoms with van der Waals surface area (Å²) < 4.78 is 12.9. The van der Waals surface area contributed by atoms with E-state index in [1.165, 1.54) is 19.1 Å². The summed E-state index contributed by atoms with van der Waals surface area (Å²) in [5.74, 6) is 0.905. The number of nitrogens with zero attached hydrogens (tertiary/aromatic N) is 2. The van der Waals surface area contributed by atoms with Gasteiger partial charge in [-0.25, -0.2) is 9.37 Å². The lowest BCUT2D eigenvalue weighted by atomic mass is 10.1. The number of halogens is 1. The summed E-state index contributed by atoms with van der Waals surface area (Å²) in [6.45, 7) is 2.17. The van der Waals surface area contributed by atoms with Gasteiger partial charge < -0.3 is 10.6 Å². The van der Waals surface area contributed by atoms with Crippen LogP contribution in [0.3, 0.4) is 0 Å². The van der Waals surface area contributed by atoms with Gasteiger partial charge in [0.1, 0.15) is 11.6 Å². The zero-order valence-electron chi connectivity index (χ0n) is 14.4. The second-order valence-electron chi connectivity index (χ2n) is 5.83. The molecule has 2 N–H and O–H groups in total. The number of hydrogen-bond acceptors (Lipinski definition) is 5. The van der Waals surface area contributed by atoms with E-state index in [1.807, 2.05) is 12.1 Å². The van der Waals surface area contributed by atoms with Gasteiger partial charge in [-0.3, -0.25) is 4.79 Å². The first-order valence-corrected chi connectivity index (χ1v) is 8.29. The standard InChI is InChI=1S/C20H19FN4O/c1-14(26)16-3-2-4-18(13-16)24-19-10-12-23-20(25-19)22-11-9-15-5-7-17(21)8-6-15/h2-8,10,12-13H,9,11H2,1H3,(H2,22,23,24,25). The summed E-state index contributed by atoms with van der Waals surface area (Å²) in [4.78, 5) is 20.1. The average molecular weight is 350 g/mol. The molecule has 0 atom stereocenters. The van der Waals surface area contributed by atoms with E-state index in [4.69, 9.17) is 0 Å². The maximum Gasteiger partial charge on any atom is 0.224 e. The first-order valence-electron chi connectivity index (χ1n) is 8.29. The molecule has 2 aromatic carbocycles. The number of hydrogen-bond donors (Lipinski definition) is 2. The van der Waals surface area contributed by atoms with E-state index in [-0.39, 0.29) is 11.6 Å². The fourth-order valence-corrected chi connectivity index (χ4v) is 2.45. The van der Waals surface area contributed by atoms with E-state index in [2.05, 4.69) is 20.6 Å². The number of carbonyl (C=O) groups is 1. The molecule has 0 saturated carbocycles. The first-order chi connectivity index (χ1) is 12.6. The summed E-state index contributed by atoms with van der Waals surface area (Å²) in [7, 11) is 0. The molecule has 0 spiro atoms. The molecule has 0 saturated heterocycles. The number of benzene rings is 2. The molecule has 1 aromatic heterocycles. The topological polar surface area (TPSA) is 66.9 Å². The van der Waals surface area contributed by atoms with Crippen LogP contribution >= 0.6 is 0 Å². The van der Waals surface area contributed by atoms with E-state index in [9.17, 15) is 9.18 Å². The largest absolute Gasteiger partial charge is 0.354 e. The lowest BCUT2D eigenvalue weighted by molar-refractivity contribution is 0.101. The van der Waals surface area contributed by atoms with Gasteiger partial charge in [-0.05, 0) is 49.2 Å². The molecule has 0 bridgehead atoms. The third kappa shape index (κ3) is 4.86. The van der Waals surface area contributed by atoms with Crippen LogP contribution in [0.15, 0.2) is 60.8 Å². The van der Waals surface area contributed by atoms with Crippen molar-refractivity contribution in [2.75, 3.05) is 17.2 Å². The van der Waals surface area contributed by atoms with Crippen LogP contribution in [-0.2, 0) is 6.42 Å². The molecule has 1 heterocycles. The van der Waals surface area contributed by atoms with Gasteiger partial charge >= 0.3 is 0 Å². The number of rotatable bonds is 7. The molecular formula is C20H19FN4O. The molecule has 0 aliphatic heterocycles. The van der Waals surface area contributed by atoms with Gasteiger partial charge in [-0.15, -0.1) is 0 Å². The highest BCUT2D eigenvalue weighted by atomic mass is 19.1. The van der Waals surface area contributed by atoms with Gasteiger partial charge in [0, 0.05) is 24.0 Å². The predicted octanol–water partition coefficient (Wildman–Crippen LogP) is 4.22. The van der Waals surface area contributed by atoms with Crippen molar-refractivity contribution in [3.05, 3.63) is 77.7 Å². The van der Waals surface area contributed by atoms with Crippen molar-refractivity contribution in [1.82, 2.24) is 9.97 Å². The first kappa shape index (κ1) is 17.5. The van der Waals surface area contributed by atoms with Gasteiger partial charge in [0.2, 0.25) is 5.95 Å². The molecule has 5 nitrogen and oxygen atoms in total. The molecule has 0 amide bonds. The molecule has 132 valence electrons. The molecule has 3 aromatic rings. The van der Waals surface area contributed by atoms with Crippen LogP contribution in [0.25, 0.3) is 0 Å². The smallest absolute Gasteiger partial charge is 0.224 e. The normalized spacial score (nSPS) is 10.4. The lowest BCUT2D eigenvalue weighted by Gasteiger charge is -2.09. The highest BCUT2D eigenvalue weighted by Gasteiger charge is 2.03. The Morgan fingerprint density at radius 1 is 1.12 bits per heavy atom. The third-order valence-electron chi connectivity index (χ3n) is 3.81. The summed E-state index contributed by atoms with van der Waals surface area (Å²) in [5.41, 5.74) is 2.46. The Bertz CT molecular complexity index is 896. The van der Waals surface area contributed by atoms with Crippen molar-refractivity contribution in [1.29, 1.82) is 0 Å². The van der Waals surface area contributed by atoms with Gasteiger partial charge in [-0.2, -0.15) is 4.98 Å². The number of Topliss-reactive ketones (excluding diaryl/α,β-unsaturated/α-hetero) is 1. The molecule has 6 heteroatoms. The van der Waals surface area contributed by atoms with E-state index >= 15 is 0 Å². The predicted molar refractivity (Wildman–Crippen MR) is 100 cm³/mol. The number of nitrogens with one attached hydrogen (secondary N) is 2. The van der Waals surface area contributed by atoms with Crippen LogP contribution in [0, 0.1) is 5.82 Å². The van der Waals surface area contributed by atoms with E-state index in [0.717, 1.165) is 17.7 Å². The van der Waals surface area contributed by atoms with Gasteiger partial charge in [0.15, 0.2) is 5.78 Å². The summed E-state index contributed by atoms with van der Waals surface area (Å²) in [6.07, 6.45) is 2.40. The van der Waals surface area contributed by atoms with Crippen molar-refractivity contribution in [3.8, 4) is 0 Å². The SMILES string of the molecule is CC(=O)c1cccc(Nc2ccnc(NCCc3ccc(F)cc3)n2)c1. The zero-order valence-corrected chi connectivity index (χ0v) is 14.4. The minimum atomic E-state index is -0.238. The Morgan fingerprint density at radius 2 is 1.92 bits per heavy atom. The number of ketones is 1. The Labute approximate surface area is 151 Å². The molecule has 0 aliphatic rings. The number of carbonyl (C=O) groups excluding carboxylic acids is 1. The number of anilines is 3. The van der Waals surface area contributed by atoms with Crippen molar-refractivity contribution in [3.63, 3.8) is 0 Å². The van der Waals surface area contributed by atoms with Gasteiger partial charge in [-0.1, -0.05) is 24.3 Å². The second kappa shape index (κ2) is 8.20. The summed E-state index contributed by atoms with van der Waals surface area (Å²) in [6, 6.07) is 15.4. The minimum Gasteiger partial charge on any atom is -0.354 e. The Kier molecular flexibility index (Phi) is 5.53. The van der Waals surface area contributed by atoms with E-state index < -0.39 is 0 Å². The van der Waals surface area contributed by atoms with Crippen molar-refractivity contribution < 1.29 is 9.18 Å².